The SMILES string of the molecule is CN(C)c1ccc2cc(C(O)NS(=O)(=O)c3cc(CO)ccc3OC(F)(F)F)oc2c1. The maximum absolute atomic E-state index is 12.7. The van der Waals surface area contributed by atoms with Gasteiger partial charge in [-0.05, 0) is 35.9 Å². The van der Waals surface area contributed by atoms with E-state index < -0.39 is 39.9 Å². The molecule has 0 radical (unpaired) electrons. The summed E-state index contributed by atoms with van der Waals surface area (Å²) in [6.07, 6.45) is -7.04. The third kappa shape index (κ3) is 5.28. The predicted molar refractivity (Wildman–Crippen MR) is 105 cm³/mol. The van der Waals surface area contributed by atoms with Crippen LogP contribution >= 0.6 is 0 Å². The minimum Gasteiger partial charge on any atom is -0.457 e. The van der Waals surface area contributed by atoms with Crippen molar-refractivity contribution in [3.63, 3.8) is 0 Å². The maximum atomic E-state index is 12.7. The molecule has 8 nitrogen and oxygen atoms in total. The van der Waals surface area contributed by atoms with Crippen molar-refractivity contribution in [2.45, 2.75) is 24.1 Å². The van der Waals surface area contributed by atoms with Crippen LogP contribution in [0.4, 0.5) is 18.9 Å². The third-order valence-electron chi connectivity index (χ3n) is 4.28. The van der Waals surface area contributed by atoms with Crippen LogP contribution in [0.1, 0.15) is 17.6 Å². The van der Waals surface area contributed by atoms with Crippen LogP contribution in [0.2, 0.25) is 0 Å². The molecule has 0 fully saturated rings. The Kier molecular flexibility index (Phi) is 6.18. The van der Waals surface area contributed by atoms with E-state index in [1.165, 1.54) is 6.07 Å². The van der Waals surface area contributed by atoms with Crippen LogP contribution in [-0.4, -0.2) is 39.1 Å². The van der Waals surface area contributed by atoms with Crippen molar-refractivity contribution < 1.29 is 41.0 Å². The van der Waals surface area contributed by atoms with Crippen molar-refractivity contribution in [1.82, 2.24) is 4.72 Å². The number of sulfonamides is 1. The Morgan fingerprint density at radius 2 is 1.87 bits per heavy atom. The highest BCUT2D eigenvalue weighted by Crippen LogP contribution is 2.32. The van der Waals surface area contributed by atoms with E-state index in [1.54, 1.807) is 18.2 Å². The standard InChI is InChI=1S/C19H19F3N2O6S/c1-24(2)13-5-4-12-8-16(29-15(12)9-13)18(26)23-31(27,28)17-7-11(10-25)3-6-14(17)30-19(20,21)22/h3-9,18,23,25-26H,10H2,1-2H3. The van der Waals surface area contributed by atoms with Gasteiger partial charge in [-0.3, -0.25) is 0 Å². The van der Waals surface area contributed by atoms with E-state index in [0.717, 1.165) is 23.9 Å². The molecule has 0 amide bonds. The van der Waals surface area contributed by atoms with E-state index in [2.05, 4.69) is 4.74 Å². The van der Waals surface area contributed by atoms with Gasteiger partial charge >= 0.3 is 6.36 Å². The number of ether oxygens (including phenoxy) is 1. The van der Waals surface area contributed by atoms with E-state index in [9.17, 15) is 31.8 Å². The number of rotatable bonds is 7. The summed E-state index contributed by atoms with van der Waals surface area (Å²) in [6.45, 7) is -0.616. The second-order valence-electron chi connectivity index (χ2n) is 6.78. The Balaban J connectivity index is 1.93. The predicted octanol–water partition coefficient (Wildman–Crippen LogP) is 2.86. The third-order valence-corrected chi connectivity index (χ3v) is 5.71. The molecule has 0 bridgehead atoms. The minimum absolute atomic E-state index is 0.0318. The van der Waals surface area contributed by atoms with E-state index in [1.807, 2.05) is 23.7 Å². The van der Waals surface area contributed by atoms with Crippen LogP contribution in [-0.2, 0) is 16.6 Å². The van der Waals surface area contributed by atoms with E-state index >= 15 is 0 Å². The van der Waals surface area contributed by atoms with E-state index in [-0.39, 0.29) is 11.3 Å². The molecule has 0 aliphatic heterocycles. The number of furan rings is 1. The van der Waals surface area contributed by atoms with Crippen molar-refractivity contribution in [2.24, 2.45) is 0 Å². The molecule has 0 aliphatic rings. The van der Waals surface area contributed by atoms with Gasteiger partial charge in [0.15, 0.2) is 6.23 Å². The zero-order valence-corrected chi connectivity index (χ0v) is 17.2. The maximum Gasteiger partial charge on any atom is 0.573 e. The fourth-order valence-electron chi connectivity index (χ4n) is 2.79. The van der Waals surface area contributed by atoms with Crippen LogP contribution in [0.5, 0.6) is 5.75 Å². The van der Waals surface area contributed by atoms with Crippen molar-refractivity contribution in [1.29, 1.82) is 0 Å². The van der Waals surface area contributed by atoms with Crippen molar-refractivity contribution >= 4 is 26.7 Å². The first-order valence-electron chi connectivity index (χ1n) is 8.80. The Morgan fingerprint density at radius 3 is 2.48 bits per heavy atom. The topological polar surface area (TPSA) is 112 Å². The van der Waals surface area contributed by atoms with Crippen molar-refractivity contribution in [3.8, 4) is 5.75 Å². The first-order valence-corrected chi connectivity index (χ1v) is 10.3. The molecule has 2 aromatic carbocycles. The zero-order valence-electron chi connectivity index (χ0n) is 16.3. The van der Waals surface area contributed by atoms with Gasteiger partial charge in [-0.1, -0.05) is 6.07 Å². The summed E-state index contributed by atoms with van der Waals surface area (Å²) < 4.78 is 74.6. The highest BCUT2D eigenvalue weighted by Gasteiger charge is 2.35. The highest BCUT2D eigenvalue weighted by molar-refractivity contribution is 7.89. The fraction of sp³-hybridized carbons (Fsp3) is 0.263. The molecule has 31 heavy (non-hydrogen) atoms. The summed E-state index contributed by atoms with van der Waals surface area (Å²) in [5.74, 6) is -1.17. The molecule has 3 aromatic rings. The summed E-state index contributed by atoms with van der Waals surface area (Å²) in [4.78, 5) is 0.915. The Labute approximate surface area is 175 Å². The largest absolute Gasteiger partial charge is 0.573 e. The number of hydrogen-bond donors (Lipinski definition) is 3. The van der Waals surface area contributed by atoms with Gasteiger partial charge in [0, 0.05) is 31.2 Å². The molecule has 12 heteroatoms. The average molecular weight is 460 g/mol. The minimum atomic E-state index is -5.15. The van der Waals surface area contributed by atoms with Gasteiger partial charge in [0.2, 0.25) is 10.0 Å². The van der Waals surface area contributed by atoms with Gasteiger partial charge in [-0.15, -0.1) is 13.2 Å². The molecule has 1 aromatic heterocycles. The summed E-state index contributed by atoms with van der Waals surface area (Å²) in [6, 6.07) is 9.25. The van der Waals surface area contributed by atoms with Crippen LogP contribution in [0.15, 0.2) is 51.8 Å². The zero-order chi connectivity index (χ0) is 23.0. The van der Waals surface area contributed by atoms with Gasteiger partial charge in [0.1, 0.15) is 22.0 Å². The van der Waals surface area contributed by atoms with Crippen LogP contribution in [0.25, 0.3) is 11.0 Å². The van der Waals surface area contributed by atoms with Gasteiger partial charge < -0.3 is 24.3 Å². The normalized spacial score (nSPS) is 13.4. The van der Waals surface area contributed by atoms with Crippen molar-refractivity contribution in [2.75, 3.05) is 19.0 Å². The Bertz CT molecular complexity index is 1190. The molecular weight excluding hydrogens is 441 g/mol. The quantitative estimate of drug-likeness (QED) is 0.465. The monoisotopic (exact) mass is 460 g/mol. The number of anilines is 1. The lowest BCUT2D eigenvalue weighted by Gasteiger charge is -2.16. The Hall–Kier alpha value is -2.80. The van der Waals surface area contributed by atoms with E-state index in [4.69, 9.17) is 4.42 Å². The number of aliphatic hydroxyl groups excluding tert-OH is 2. The van der Waals surface area contributed by atoms with Crippen LogP contribution in [0.3, 0.4) is 0 Å². The van der Waals surface area contributed by atoms with Gasteiger partial charge in [0.25, 0.3) is 0 Å². The van der Waals surface area contributed by atoms with E-state index in [0.29, 0.717) is 11.0 Å². The second-order valence-corrected chi connectivity index (χ2v) is 8.46. The molecule has 0 aliphatic carbocycles. The first kappa shape index (κ1) is 22.9. The van der Waals surface area contributed by atoms with Gasteiger partial charge in [0.05, 0.1) is 6.61 Å². The lowest BCUT2D eigenvalue weighted by molar-refractivity contribution is -0.275. The number of fused-ring (bicyclic) bond motifs is 1. The summed E-state index contributed by atoms with van der Waals surface area (Å²) in [5.41, 5.74) is 1.21. The Morgan fingerprint density at radius 1 is 1.16 bits per heavy atom. The highest BCUT2D eigenvalue weighted by atomic mass is 32.2. The number of aliphatic hydroxyl groups is 2. The average Bonchev–Trinajstić information content (AvgIpc) is 3.10. The molecule has 1 heterocycles. The molecule has 0 saturated carbocycles. The molecular formula is C19H19F3N2O6S. The fourth-order valence-corrected chi connectivity index (χ4v) is 4.01. The van der Waals surface area contributed by atoms with Crippen molar-refractivity contribution in [3.05, 3.63) is 53.8 Å². The number of hydrogen-bond acceptors (Lipinski definition) is 7. The molecule has 3 N–H and O–H groups in total. The smallest absolute Gasteiger partial charge is 0.457 e. The summed E-state index contributed by atoms with van der Waals surface area (Å²) in [7, 11) is -1.08. The molecule has 0 spiro atoms. The second kappa shape index (κ2) is 8.38. The molecule has 0 saturated heterocycles. The van der Waals surface area contributed by atoms with Crippen LogP contribution < -0.4 is 14.4 Å². The molecule has 3 rings (SSSR count). The molecule has 1 unspecified atom stereocenters. The lowest BCUT2D eigenvalue weighted by atomic mass is 10.2. The summed E-state index contributed by atoms with van der Waals surface area (Å²) >= 11 is 0. The van der Waals surface area contributed by atoms with Gasteiger partial charge in [-0.25, -0.2) is 8.42 Å². The number of halogens is 3. The summed E-state index contributed by atoms with van der Waals surface area (Å²) in [5, 5.41) is 20.1. The number of benzene rings is 2. The number of nitrogens with zero attached hydrogens (tertiary/aromatic N) is 1. The first-order chi connectivity index (χ1) is 14.4. The number of alkyl halides is 3. The van der Waals surface area contributed by atoms with Gasteiger partial charge in [-0.2, -0.15) is 4.72 Å². The molecule has 168 valence electrons. The van der Waals surface area contributed by atoms with Crippen LogP contribution in [0, 0.1) is 0 Å². The lowest BCUT2D eigenvalue weighted by Crippen LogP contribution is -2.29. The molecule has 1 atom stereocenters. The number of nitrogens with one attached hydrogen (secondary N) is 1.